The SMILES string of the molecule is Cc1ccc(Cn2cc(F)c(C(=O)N[C@H]3COc4cccnc4N(C)C3=O)n2)cc1. The lowest BCUT2D eigenvalue weighted by Crippen LogP contribution is -2.49. The molecule has 0 saturated carbocycles. The fourth-order valence-corrected chi connectivity index (χ4v) is 3.17. The lowest BCUT2D eigenvalue weighted by atomic mass is 10.1. The highest BCUT2D eigenvalue weighted by Crippen LogP contribution is 2.27. The van der Waals surface area contributed by atoms with Gasteiger partial charge in [0.2, 0.25) is 0 Å². The first-order valence-corrected chi connectivity index (χ1v) is 9.37. The molecule has 1 N–H and O–H groups in total. The van der Waals surface area contributed by atoms with Crippen molar-refractivity contribution in [2.24, 2.45) is 0 Å². The smallest absolute Gasteiger partial charge is 0.275 e. The van der Waals surface area contributed by atoms with Gasteiger partial charge in [-0.25, -0.2) is 9.37 Å². The summed E-state index contributed by atoms with van der Waals surface area (Å²) in [5.74, 6) is -1.18. The minimum absolute atomic E-state index is 0.0979. The Morgan fingerprint density at radius 2 is 2.07 bits per heavy atom. The van der Waals surface area contributed by atoms with Crippen LogP contribution >= 0.6 is 0 Å². The molecule has 0 bridgehead atoms. The maximum Gasteiger partial charge on any atom is 0.275 e. The van der Waals surface area contributed by atoms with Gasteiger partial charge in [-0.1, -0.05) is 29.8 Å². The third-order valence-electron chi connectivity index (χ3n) is 4.81. The van der Waals surface area contributed by atoms with Crippen LogP contribution in [0.4, 0.5) is 10.2 Å². The van der Waals surface area contributed by atoms with Crippen molar-refractivity contribution in [3.63, 3.8) is 0 Å². The number of pyridine rings is 1. The lowest BCUT2D eigenvalue weighted by Gasteiger charge is -2.19. The summed E-state index contributed by atoms with van der Waals surface area (Å²) in [6.45, 7) is 2.20. The first kappa shape index (κ1) is 19.6. The van der Waals surface area contributed by atoms with Gasteiger partial charge in [-0.3, -0.25) is 19.2 Å². The number of aromatic nitrogens is 3. The Morgan fingerprint density at radius 3 is 2.83 bits per heavy atom. The third-order valence-corrected chi connectivity index (χ3v) is 4.81. The Morgan fingerprint density at radius 1 is 1.30 bits per heavy atom. The van der Waals surface area contributed by atoms with E-state index in [4.69, 9.17) is 4.74 Å². The number of amides is 2. The van der Waals surface area contributed by atoms with Crippen LogP contribution in [0.3, 0.4) is 0 Å². The number of halogens is 1. The second-order valence-electron chi connectivity index (χ2n) is 7.07. The Balaban J connectivity index is 1.48. The molecule has 0 radical (unpaired) electrons. The van der Waals surface area contributed by atoms with E-state index in [1.807, 2.05) is 31.2 Å². The van der Waals surface area contributed by atoms with E-state index in [2.05, 4.69) is 15.4 Å². The first-order valence-electron chi connectivity index (χ1n) is 9.37. The molecule has 154 valence electrons. The van der Waals surface area contributed by atoms with Crippen LogP contribution in [0.15, 0.2) is 48.8 Å². The molecule has 3 aromatic rings. The van der Waals surface area contributed by atoms with Crippen LogP contribution in [0.5, 0.6) is 5.75 Å². The number of fused-ring (bicyclic) bond motifs is 1. The van der Waals surface area contributed by atoms with Crippen molar-refractivity contribution in [1.82, 2.24) is 20.1 Å². The number of hydrogen-bond donors (Lipinski definition) is 1. The number of carbonyl (C=O) groups is 2. The van der Waals surface area contributed by atoms with Crippen LogP contribution in [0.2, 0.25) is 0 Å². The zero-order chi connectivity index (χ0) is 21.3. The van der Waals surface area contributed by atoms with Gasteiger partial charge in [0.05, 0.1) is 12.7 Å². The third kappa shape index (κ3) is 3.86. The molecule has 1 aliphatic heterocycles. The highest BCUT2D eigenvalue weighted by Gasteiger charge is 2.32. The van der Waals surface area contributed by atoms with Crippen molar-refractivity contribution in [3.8, 4) is 5.75 Å². The summed E-state index contributed by atoms with van der Waals surface area (Å²) in [7, 11) is 1.54. The van der Waals surface area contributed by atoms with Gasteiger partial charge in [-0.2, -0.15) is 5.10 Å². The number of anilines is 1. The zero-order valence-electron chi connectivity index (χ0n) is 16.5. The van der Waals surface area contributed by atoms with Gasteiger partial charge >= 0.3 is 0 Å². The highest BCUT2D eigenvalue weighted by atomic mass is 19.1. The number of nitrogens with zero attached hydrogens (tertiary/aromatic N) is 4. The maximum atomic E-state index is 14.4. The molecular formula is C21H20FN5O3. The van der Waals surface area contributed by atoms with E-state index in [1.54, 1.807) is 25.4 Å². The summed E-state index contributed by atoms with van der Waals surface area (Å²) in [4.78, 5) is 30.8. The molecule has 0 fully saturated rings. The Kier molecular flexibility index (Phi) is 5.18. The Labute approximate surface area is 172 Å². The van der Waals surface area contributed by atoms with E-state index in [9.17, 15) is 14.0 Å². The van der Waals surface area contributed by atoms with Gasteiger partial charge in [0.1, 0.15) is 12.6 Å². The van der Waals surface area contributed by atoms with Gasteiger partial charge in [0, 0.05) is 13.2 Å². The predicted octanol–water partition coefficient (Wildman–Crippen LogP) is 1.93. The Hall–Kier alpha value is -3.75. The highest BCUT2D eigenvalue weighted by molar-refractivity contribution is 6.02. The molecule has 3 heterocycles. The van der Waals surface area contributed by atoms with Crippen molar-refractivity contribution < 1.29 is 18.7 Å². The molecular weight excluding hydrogens is 389 g/mol. The standard InChI is InChI=1S/C21H20FN5O3/c1-13-5-7-14(8-6-13)10-27-11-15(22)18(25-27)20(28)24-16-12-30-17-4-3-9-23-19(17)26(2)21(16)29/h3-9,11,16H,10,12H2,1-2H3,(H,24,28)/t16-/m0/s1. The minimum Gasteiger partial charge on any atom is -0.487 e. The molecule has 2 aromatic heterocycles. The predicted molar refractivity (Wildman–Crippen MR) is 107 cm³/mol. The van der Waals surface area contributed by atoms with E-state index in [-0.39, 0.29) is 12.3 Å². The van der Waals surface area contributed by atoms with Crippen molar-refractivity contribution in [2.75, 3.05) is 18.6 Å². The molecule has 1 aliphatic rings. The van der Waals surface area contributed by atoms with E-state index in [1.165, 1.54) is 9.58 Å². The summed E-state index contributed by atoms with van der Waals surface area (Å²) in [6.07, 6.45) is 2.70. The van der Waals surface area contributed by atoms with Crippen LogP contribution in [-0.2, 0) is 11.3 Å². The molecule has 9 heteroatoms. The minimum atomic E-state index is -1.00. The van der Waals surface area contributed by atoms with Crippen LogP contribution in [0.1, 0.15) is 21.6 Å². The fraction of sp³-hybridized carbons (Fsp3) is 0.238. The number of rotatable bonds is 4. The summed E-state index contributed by atoms with van der Waals surface area (Å²) in [5.41, 5.74) is 1.66. The normalized spacial score (nSPS) is 15.9. The Bertz CT molecular complexity index is 1100. The quantitative estimate of drug-likeness (QED) is 0.711. The molecule has 0 unspecified atom stereocenters. The second-order valence-corrected chi connectivity index (χ2v) is 7.07. The summed E-state index contributed by atoms with van der Waals surface area (Å²) in [5, 5.41) is 6.57. The first-order chi connectivity index (χ1) is 14.4. The monoisotopic (exact) mass is 409 g/mol. The number of benzene rings is 1. The van der Waals surface area contributed by atoms with Crippen molar-refractivity contribution in [3.05, 3.63) is 71.4 Å². The van der Waals surface area contributed by atoms with Crippen LogP contribution < -0.4 is 15.0 Å². The summed E-state index contributed by atoms with van der Waals surface area (Å²) >= 11 is 0. The van der Waals surface area contributed by atoms with E-state index >= 15 is 0 Å². The van der Waals surface area contributed by atoms with E-state index in [0.29, 0.717) is 18.1 Å². The number of likely N-dealkylation sites (N-methyl/N-ethyl adjacent to an activating group) is 1. The molecule has 2 amide bonds. The van der Waals surface area contributed by atoms with Gasteiger partial charge in [0.15, 0.2) is 23.1 Å². The molecule has 8 nitrogen and oxygen atoms in total. The van der Waals surface area contributed by atoms with Crippen LogP contribution in [-0.4, -0.2) is 46.3 Å². The van der Waals surface area contributed by atoms with Gasteiger partial charge in [-0.05, 0) is 24.6 Å². The number of aryl methyl sites for hydroxylation is 1. The van der Waals surface area contributed by atoms with Gasteiger partial charge in [0.25, 0.3) is 11.8 Å². The second kappa shape index (κ2) is 7.94. The average molecular weight is 409 g/mol. The van der Waals surface area contributed by atoms with Crippen LogP contribution in [0, 0.1) is 12.7 Å². The lowest BCUT2D eigenvalue weighted by molar-refractivity contribution is -0.120. The van der Waals surface area contributed by atoms with Crippen LogP contribution in [0.25, 0.3) is 0 Å². The van der Waals surface area contributed by atoms with Crippen molar-refractivity contribution >= 4 is 17.6 Å². The number of hydrogen-bond acceptors (Lipinski definition) is 5. The van der Waals surface area contributed by atoms with Gasteiger partial charge < -0.3 is 10.1 Å². The van der Waals surface area contributed by atoms with Crippen molar-refractivity contribution in [1.29, 1.82) is 0 Å². The molecule has 30 heavy (non-hydrogen) atoms. The van der Waals surface area contributed by atoms with E-state index in [0.717, 1.165) is 17.3 Å². The molecule has 0 spiro atoms. The van der Waals surface area contributed by atoms with Crippen molar-refractivity contribution in [2.45, 2.75) is 19.5 Å². The van der Waals surface area contributed by atoms with E-state index < -0.39 is 23.7 Å². The fourth-order valence-electron chi connectivity index (χ4n) is 3.17. The number of nitrogens with one attached hydrogen (secondary N) is 1. The maximum absolute atomic E-state index is 14.4. The molecule has 1 atom stereocenters. The van der Waals surface area contributed by atoms with Gasteiger partial charge in [-0.15, -0.1) is 0 Å². The number of carbonyl (C=O) groups excluding carboxylic acids is 2. The molecule has 1 aromatic carbocycles. The molecule has 0 aliphatic carbocycles. The summed E-state index contributed by atoms with van der Waals surface area (Å²) in [6, 6.07) is 10.1. The zero-order valence-corrected chi connectivity index (χ0v) is 16.5. The molecule has 0 saturated heterocycles. The molecule has 4 rings (SSSR count). The largest absolute Gasteiger partial charge is 0.487 e. The number of ether oxygens (including phenoxy) is 1. The topological polar surface area (TPSA) is 89.4 Å². The summed E-state index contributed by atoms with van der Waals surface area (Å²) < 4.78 is 21.3. The average Bonchev–Trinajstić information content (AvgIpc) is 3.06.